The van der Waals surface area contributed by atoms with Crippen LogP contribution in [0.25, 0.3) is 0 Å². The molecule has 2 rings (SSSR count). The molecule has 15 heavy (non-hydrogen) atoms. The fourth-order valence-electron chi connectivity index (χ4n) is 1.36. The molecule has 1 unspecified atom stereocenters. The molecular formula is C11H14N4. The van der Waals surface area contributed by atoms with Crippen molar-refractivity contribution in [1.82, 2.24) is 14.8 Å². The Balaban J connectivity index is 1.89. The maximum atomic E-state index is 4.09. The van der Waals surface area contributed by atoms with Crippen LogP contribution < -0.4 is 5.32 Å². The minimum Gasteiger partial charge on any atom is -0.383 e. The van der Waals surface area contributed by atoms with E-state index in [1.54, 1.807) is 12.7 Å². The summed E-state index contributed by atoms with van der Waals surface area (Å²) >= 11 is 0. The Labute approximate surface area is 89.0 Å². The quantitative estimate of drug-likeness (QED) is 0.824. The Bertz CT molecular complexity index is 382. The smallest absolute Gasteiger partial charge is 0.137 e. The molecule has 1 aromatic carbocycles. The Morgan fingerprint density at radius 3 is 2.80 bits per heavy atom. The second-order valence-electron chi connectivity index (χ2n) is 3.47. The van der Waals surface area contributed by atoms with Crippen molar-refractivity contribution in [2.45, 2.75) is 13.0 Å². The molecule has 0 bridgehead atoms. The molecule has 4 heteroatoms. The van der Waals surface area contributed by atoms with Crippen LogP contribution in [0.5, 0.6) is 0 Å². The standard InChI is InChI=1S/C11H14N4/c1-10(15-9-12-8-14-15)7-13-11-5-3-2-4-6-11/h2-6,8-10,13H,7H2,1H3. The largest absolute Gasteiger partial charge is 0.383 e. The number of rotatable bonds is 4. The monoisotopic (exact) mass is 202 g/mol. The molecule has 4 nitrogen and oxygen atoms in total. The van der Waals surface area contributed by atoms with E-state index in [2.05, 4.69) is 22.3 Å². The van der Waals surface area contributed by atoms with Crippen LogP contribution in [0, 0.1) is 0 Å². The second-order valence-corrected chi connectivity index (χ2v) is 3.47. The van der Waals surface area contributed by atoms with Crippen molar-refractivity contribution >= 4 is 5.69 Å². The predicted molar refractivity (Wildman–Crippen MR) is 59.7 cm³/mol. The molecular weight excluding hydrogens is 188 g/mol. The first-order valence-electron chi connectivity index (χ1n) is 4.99. The van der Waals surface area contributed by atoms with Crippen LogP contribution in [0.4, 0.5) is 5.69 Å². The summed E-state index contributed by atoms with van der Waals surface area (Å²) < 4.78 is 1.84. The second kappa shape index (κ2) is 4.59. The zero-order chi connectivity index (χ0) is 10.5. The van der Waals surface area contributed by atoms with Gasteiger partial charge in [-0.1, -0.05) is 18.2 Å². The number of hydrogen-bond donors (Lipinski definition) is 1. The van der Waals surface area contributed by atoms with E-state index < -0.39 is 0 Å². The molecule has 1 atom stereocenters. The number of anilines is 1. The zero-order valence-corrected chi connectivity index (χ0v) is 8.67. The first kappa shape index (κ1) is 9.71. The third-order valence-corrected chi connectivity index (χ3v) is 2.26. The van der Waals surface area contributed by atoms with Gasteiger partial charge in [0.25, 0.3) is 0 Å². The molecule has 0 aliphatic rings. The maximum Gasteiger partial charge on any atom is 0.137 e. The van der Waals surface area contributed by atoms with E-state index in [9.17, 15) is 0 Å². The maximum absolute atomic E-state index is 4.09. The summed E-state index contributed by atoms with van der Waals surface area (Å²) in [6.07, 6.45) is 3.29. The Morgan fingerprint density at radius 2 is 2.13 bits per heavy atom. The summed E-state index contributed by atoms with van der Waals surface area (Å²) in [7, 11) is 0. The van der Waals surface area contributed by atoms with E-state index in [0.717, 1.165) is 12.2 Å². The average molecular weight is 202 g/mol. The van der Waals surface area contributed by atoms with Crippen molar-refractivity contribution in [2.24, 2.45) is 0 Å². The van der Waals surface area contributed by atoms with Gasteiger partial charge in [0.05, 0.1) is 6.04 Å². The predicted octanol–water partition coefficient (Wildman–Crippen LogP) is 1.95. The van der Waals surface area contributed by atoms with Gasteiger partial charge in [-0.05, 0) is 19.1 Å². The zero-order valence-electron chi connectivity index (χ0n) is 8.67. The number of nitrogens with zero attached hydrogens (tertiary/aromatic N) is 3. The first-order valence-corrected chi connectivity index (χ1v) is 4.99. The molecule has 78 valence electrons. The van der Waals surface area contributed by atoms with Gasteiger partial charge in [-0.15, -0.1) is 0 Å². The van der Waals surface area contributed by atoms with Gasteiger partial charge in [0.2, 0.25) is 0 Å². The van der Waals surface area contributed by atoms with Crippen LogP contribution in [-0.2, 0) is 0 Å². The number of aromatic nitrogens is 3. The minimum atomic E-state index is 0.299. The molecule has 0 saturated heterocycles. The molecule has 0 aliphatic heterocycles. The fraction of sp³-hybridized carbons (Fsp3) is 0.273. The highest BCUT2D eigenvalue weighted by atomic mass is 15.3. The topological polar surface area (TPSA) is 42.7 Å². The van der Waals surface area contributed by atoms with E-state index in [1.165, 1.54) is 0 Å². The van der Waals surface area contributed by atoms with Crippen molar-refractivity contribution in [3.8, 4) is 0 Å². The molecule has 1 aromatic heterocycles. The normalized spacial score (nSPS) is 12.3. The van der Waals surface area contributed by atoms with Gasteiger partial charge in [-0.3, -0.25) is 0 Å². The highest BCUT2D eigenvalue weighted by molar-refractivity contribution is 5.42. The van der Waals surface area contributed by atoms with Crippen LogP contribution >= 0.6 is 0 Å². The Hall–Kier alpha value is -1.84. The highest BCUT2D eigenvalue weighted by Gasteiger charge is 2.03. The molecule has 0 saturated carbocycles. The van der Waals surface area contributed by atoms with Crippen molar-refractivity contribution in [1.29, 1.82) is 0 Å². The fourth-order valence-corrected chi connectivity index (χ4v) is 1.36. The van der Waals surface area contributed by atoms with Gasteiger partial charge in [-0.25, -0.2) is 9.67 Å². The minimum absolute atomic E-state index is 0.299. The molecule has 2 aromatic rings. The number of hydrogen-bond acceptors (Lipinski definition) is 3. The van der Waals surface area contributed by atoms with Crippen molar-refractivity contribution in [3.63, 3.8) is 0 Å². The van der Waals surface area contributed by atoms with Crippen molar-refractivity contribution < 1.29 is 0 Å². The lowest BCUT2D eigenvalue weighted by molar-refractivity contribution is 0.511. The highest BCUT2D eigenvalue weighted by Crippen LogP contribution is 2.08. The molecule has 0 amide bonds. The first-order chi connectivity index (χ1) is 7.36. The van der Waals surface area contributed by atoms with E-state index in [1.807, 2.05) is 35.0 Å². The van der Waals surface area contributed by atoms with E-state index in [-0.39, 0.29) is 0 Å². The van der Waals surface area contributed by atoms with Gasteiger partial charge < -0.3 is 5.32 Å². The van der Waals surface area contributed by atoms with Crippen LogP contribution in [0.1, 0.15) is 13.0 Å². The van der Waals surface area contributed by atoms with E-state index >= 15 is 0 Å². The number of para-hydroxylation sites is 1. The van der Waals surface area contributed by atoms with Crippen LogP contribution in [0.15, 0.2) is 43.0 Å². The van der Waals surface area contributed by atoms with Crippen LogP contribution in [0.2, 0.25) is 0 Å². The SMILES string of the molecule is CC(CNc1ccccc1)n1cncn1. The number of benzene rings is 1. The summed E-state index contributed by atoms with van der Waals surface area (Å²) in [5.74, 6) is 0. The molecule has 1 heterocycles. The summed E-state index contributed by atoms with van der Waals surface area (Å²) in [4.78, 5) is 3.92. The third kappa shape index (κ3) is 2.56. The Morgan fingerprint density at radius 1 is 1.33 bits per heavy atom. The Kier molecular flexibility index (Phi) is 2.97. The lowest BCUT2D eigenvalue weighted by Crippen LogP contribution is -2.16. The third-order valence-electron chi connectivity index (χ3n) is 2.26. The van der Waals surface area contributed by atoms with Gasteiger partial charge in [0.15, 0.2) is 0 Å². The summed E-state index contributed by atoms with van der Waals surface area (Å²) in [6, 6.07) is 10.4. The van der Waals surface area contributed by atoms with Crippen molar-refractivity contribution in [2.75, 3.05) is 11.9 Å². The summed E-state index contributed by atoms with van der Waals surface area (Å²) in [5.41, 5.74) is 1.13. The summed E-state index contributed by atoms with van der Waals surface area (Å²) in [5, 5.41) is 7.44. The van der Waals surface area contributed by atoms with Gasteiger partial charge in [-0.2, -0.15) is 5.10 Å². The van der Waals surface area contributed by atoms with Crippen LogP contribution in [-0.4, -0.2) is 21.3 Å². The van der Waals surface area contributed by atoms with E-state index in [4.69, 9.17) is 0 Å². The average Bonchev–Trinajstić information content (AvgIpc) is 2.81. The van der Waals surface area contributed by atoms with Crippen molar-refractivity contribution in [3.05, 3.63) is 43.0 Å². The van der Waals surface area contributed by atoms with Gasteiger partial charge >= 0.3 is 0 Å². The molecule has 0 aliphatic carbocycles. The molecule has 0 fully saturated rings. The van der Waals surface area contributed by atoms with E-state index in [0.29, 0.717) is 6.04 Å². The molecule has 0 radical (unpaired) electrons. The van der Waals surface area contributed by atoms with Crippen LogP contribution in [0.3, 0.4) is 0 Å². The number of nitrogens with one attached hydrogen (secondary N) is 1. The molecule has 1 N–H and O–H groups in total. The van der Waals surface area contributed by atoms with Gasteiger partial charge in [0.1, 0.15) is 12.7 Å². The summed E-state index contributed by atoms with van der Waals surface area (Å²) in [6.45, 7) is 2.94. The lowest BCUT2D eigenvalue weighted by atomic mass is 10.3. The lowest BCUT2D eigenvalue weighted by Gasteiger charge is -2.13. The van der Waals surface area contributed by atoms with Gasteiger partial charge in [0, 0.05) is 12.2 Å². The molecule has 0 spiro atoms.